The molecule has 0 aromatic heterocycles. The summed E-state index contributed by atoms with van der Waals surface area (Å²) in [5.74, 6) is 0.581. The first-order valence-electron chi connectivity index (χ1n) is 5.18. The highest BCUT2D eigenvalue weighted by atomic mass is 35.5. The molecule has 16 heavy (non-hydrogen) atoms. The van der Waals surface area contributed by atoms with Crippen LogP contribution in [0.1, 0.15) is 13.3 Å². The van der Waals surface area contributed by atoms with Gasteiger partial charge in [-0.3, -0.25) is 4.79 Å². The maximum atomic E-state index is 11.7. The largest absolute Gasteiger partial charge is 0.481 e. The summed E-state index contributed by atoms with van der Waals surface area (Å²) in [6.45, 7) is 1.91. The first kappa shape index (κ1) is 12.8. The molecule has 4 heteroatoms. The van der Waals surface area contributed by atoms with Crippen molar-refractivity contribution in [2.75, 3.05) is 14.1 Å². The SMILES string of the molecule is CC[C@H](Oc1cccc(Cl)c1)C(=O)N(C)C. The number of nitrogens with zero attached hydrogens (tertiary/aromatic N) is 1. The van der Waals surface area contributed by atoms with Crippen LogP contribution in [0.25, 0.3) is 0 Å². The van der Waals surface area contributed by atoms with Gasteiger partial charge in [-0.1, -0.05) is 24.6 Å². The van der Waals surface area contributed by atoms with Crippen molar-refractivity contribution in [2.24, 2.45) is 0 Å². The van der Waals surface area contributed by atoms with Crippen molar-refractivity contribution in [1.82, 2.24) is 4.90 Å². The second-order valence-electron chi connectivity index (χ2n) is 3.70. The Balaban J connectivity index is 2.74. The van der Waals surface area contributed by atoms with Crippen molar-refractivity contribution in [3.8, 4) is 5.75 Å². The smallest absolute Gasteiger partial charge is 0.263 e. The van der Waals surface area contributed by atoms with Gasteiger partial charge in [0.15, 0.2) is 6.10 Å². The fourth-order valence-corrected chi connectivity index (χ4v) is 1.48. The molecule has 1 aromatic rings. The van der Waals surface area contributed by atoms with E-state index in [2.05, 4.69) is 0 Å². The molecule has 0 fully saturated rings. The molecule has 0 aliphatic heterocycles. The van der Waals surface area contributed by atoms with Gasteiger partial charge in [0.2, 0.25) is 0 Å². The second kappa shape index (κ2) is 5.75. The highest BCUT2D eigenvalue weighted by Crippen LogP contribution is 2.19. The van der Waals surface area contributed by atoms with Crippen molar-refractivity contribution >= 4 is 17.5 Å². The summed E-state index contributed by atoms with van der Waals surface area (Å²) in [6.07, 6.45) is 0.178. The van der Waals surface area contributed by atoms with Crippen molar-refractivity contribution in [2.45, 2.75) is 19.4 Å². The average molecular weight is 242 g/mol. The van der Waals surface area contributed by atoms with Crippen LogP contribution < -0.4 is 4.74 Å². The molecular formula is C12H16ClNO2. The van der Waals surface area contributed by atoms with E-state index in [0.717, 1.165) is 0 Å². The van der Waals surface area contributed by atoms with Crippen molar-refractivity contribution in [3.63, 3.8) is 0 Å². The number of carbonyl (C=O) groups excluding carboxylic acids is 1. The molecule has 0 spiro atoms. The first-order valence-corrected chi connectivity index (χ1v) is 5.55. The monoisotopic (exact) mass is 241 g/mol. The number of ether oxygens (including phenoxy) is 1. The number of likely N-dealkylation sites (N-methyl/N-ethyl adjacent to an activating group) is 1. The van der Waals surface area contributed by atoms with E-state index in [1.54, 1.807) is 38.4 Å². The molecule has 88 valence electrons. The second-order valence-corrected chi connectivity index (χ2v) is 4.14. The van der Waals surface area contributed by atoms with E-state index < -0.39 is 6.10 Å². The lowest BCUT2D eigenvalue weighted by Crippen LogP contribution is -2.37. The third-order valence-electron chi connectivity index (χ3n) is 2.16. The van der Waals surface area contributed by atoms with Gasteiger partial charge in [0.05, 0.1) is 0 Å². The number of benzene rings is 1. The van der Waals surface area contributed by atoms with Crippen molar-refractivity contribution in [1.29, 1.82) is 0 Å². The summed E-state index contributed by atoms with van der Waals surface area (Å²) >= 11 is 5.84. The predicted molar refractivity (Wildman–Crippen MR) is 64.9 cm³/mol. The van der Waals surface area contributed by atoms with Gasteiger partial charge < -0.3 is 9.64 Å². The van der Waals surface area contributed by atoms with Gasteiger partial charge >= 0.3 is 0 Å². The van der Waals surface area contributed by atoms with E-state index in [-0.39, 0.29) is 5.91 Å². The maximum absolute atomic E-state index is 11.7. The number of hydrogen-bond donors (Lipinski definition) is 0. The van der Waals surface area contributed by atoms with Gasteiger partial charge in [0, 0.05) is 19.1 Å². The van der Waals surface area contributed by atoms with E-state index in [1.165, 1.54) is 4.90 Å². The third kappa shape index (κ3) is 3.42. The Labute approximate surface area is 101 Å². The quantitative estimate of drug-likeness (QED) is 0.811. The number of carbonyl (C=O) groups is 1. The van der Waals surface area contributed by atoms with Crippen LogP contribution in [0.2, 0.25) is 5.02 Å². The summed E-state index contributed by atoms with van der Waals surface area (Å²) in [5.41, 5.74) is 0. The molecule has 0 heterocycles. The van der Waals surface area contributed by atoms with Gasteiger partial charge in [-0.05, 0) is 24.6 Å². The van der Waals surface area contributed by atoms with E-state index in [1.807, 2.05) is 6.92 Å². The molecule has 1 atom stereocenters. The van der Waals surface area contributed by atoms with Crippen molar-refractivity contribution in [3.05, 3.63) is 29.3 Å². The Bertz CT molecular complexity index is 366. The fraction of sp³-hybridized carbons (Fsp3) is 0.417. The summed E-state index contributed by atoms with van der Waals surface area (Å²) in [4.78, 5) is 13.3. The molecule has 0 N–H and O–H groups in total. The van der Waals surface area contributed by atoms with E-state index in [4.69, 9.17) is 16.3 Å². The third-order valence-corrected chi connectivity index (χ3v) is 2.40. The van der Waals surface area contributed by atoms with Crippen LogP contribution >= 0.6 is 11.6 Å². The minimum absolute atomic E-state index is 0.0394. The zero-order valence-electron chi connectivity index (χ0n) is 9.74. The number of hydrogen-bond acceptors (Lipinski definition) is 2. The topological polar surface area (TPSA) is 29.5 Å². The molecule has 0 unspecified atom stereocenters. The van der Waals surface area contributed by atoms with Gasteiger partial charge in [-0.2, -0.15) is 0 Å². The highest BCUT2D eigenvalue weighted by molar-refractivity contribution is 6.30. The van der Waals surface area contributed by atoms with E-state index in [9.17, 15) is 4.79 Å². The van der Waals surface area contributed by atoms with E-state index in [0.29, 0.717) is 17.2 Å². The van der Waals surface area contributed by atoms with Crippen LogP contribution in [0.15, 0.2) is 24.3 Å². The van der Waals surface area contributed by atoms with Crippen molar-refractivity contribution < 1.29 is 9.53 Å². The zero-order valence-corrected chi connectivity index (χ0v) is 10.5. The van der Waals surface area contributed by atoms with Gasteiger partial charge in [-0.15, -0.1) is 0 Å². The minimum atomic E-state index is -0.450. The number of halogens is 1. The molecule has 3 nitrogen and oxygen atoms in total. The summed E-state index contributed by atoms with van der Waals surface area (Å²) in [6, 6.07) is 7.05. The lowest BCUT2D eigenvalue weighted by atomic mass is 10.2. The molecule has 0 radical (unpaired) electrons. The van der Waals surface area contributed by atoms with Gasteiger partial charge in [0.25, 0.3) is 5.91 Å². The molecule has 0 aliphatic rings. The fourth-order valence-electron chi connectivity index (χ4n) is 1.30. The molecular weight excluding hydrogens is 226 g/mol. The lowest BCUT2D eigenvalue weighted by molar-refractivity contribution is -0.136. The average Bonchev–Trinajstić information content (AvgIpc) is 2.25. The van der Waals surface area contributed by atoms with Crippen LogP contribution in [0.5, 0.6) is 5.75 Å². The van der Waals surface area contributed by atoms with Gasteiger partial charge in [-0.25, -0.2) is 0 Å². The Morgan fingerprint density at radius 2 is 2.19 bits per heavy atom. The van der Waals surface area contributed by atoms with Crippen LogP contribution in [-0.4, -0.2) is 31.0 Å². The predicted octanol–water partition coefficient (Wildman–Crippen LogP) is 2.59. The summed E-state index contributed by atoms with van der Waals surface area (Å²) < 4.78 is 5.59. The Morgan fingerprint density at radius 1 is 1.50 bits per heavy atom. The Kier molecular flexibility index (Phi) is 4.62. The lowest BCUT2D eigenvalue weighted by Gasteiger charge is -2.20. The Hall–Kier alpha value is -1.22. The van der Waals surface area contributed by atoms with Crippen LogP contribution in [0.4, 0.5) is 0 Å². The van der Waals surface area contributed by atoms with Crippen LogP contribution in [0, 0.1) is 0 Å². The summed E-state index contributed by atoms with van der Waals surface area (Å²) in [5, 5.41) is 0.602. The maximum Gasteiger partial charge on any atom is 0.263 e. The molecule has 1 rings (SSSR count). The minimum Gasteiger partial charge on any atom is -0.481 e. The number of rotatable bonds is 4. The molecule has 1 aromatic carbocycles. The van der Waals surface area contributed by atoms with Gasteiger partial charge in [0.1, 0.15) is 5.75 Å². The summed E-state index contributed by atoms with van der Waals surface area (Å²) in [7, 11) is 3.43. The highest BCUT2D eigenvalue weighted by Gasteiger charge is 2.19. The molecule has 1 amide bonds. The van der Waals surface area contributed by atoms with Crippen LogP contribution in [0.3, 0.4) is 0 Å². The number of amides is 1. The van der Waals surface area contributed by atoms with Crippen LogP contribution in [-0.2, 0) is 4.79 Å². The Morgan fingerprint density at radius 3 is 2.69 bits per heavy atom. The first-order chi connectivity index (χ1) is 7.54. The molecule has 0 aliphatic carbocycles. The zero-order chi connectivity index (χ0) is 12.1. The van der Waals surface area contributed by atoms with E-state index >= 15 is 0 Å². The normalized spacial score (nSPS) is 12.0. The molecule has 0 bridgehead atoms. The standard InChI is InChI=1S/C12H16ClNO2/c1-4-11(12(15)14(2)3)16-10-7-5-6-9(13)8-10/h5-8,11H,4H2,1-3H3/t11-/m0/s1. The molecule has 0 saturated heterocycles. The molecule has 0 saturated carbocycles.